The van der Waals surface area contributed by atoms with Gasteiger partial charge in [-0.15, -0.1) is 0 Å². The molecule has 2 saturated carbocycles. The van der Waals surface area contributed by atoms with E-state index in [4.69, 9.17) is 0 Å². The number of aliphatic hydroxyl groups is 1. The molecule has 15 heavy (non-hydrogen) atoms. The van der Waals surface area contributed by atoms with Crippen molar-refractivity contribution in [3.05, 3.63) is 0 Å². The predicted octanol–water partition coefficient (Wildman–Crippen LogP) is 2.40. The summed E-state index contributed by atoms with van der Waals surface area (Å²) in [6, 6.07) is 0. The molecule has 0 aliphatic heterocycles. The third-order valence-corrected chi connectivity index (χ3v) is 4.52. The minimum absolute atomic E-state index is 0.165. The first-order valence-corrected chi connectivity index (χ1v) is 6.31. The highest BCUT2D eigenvalue weighted by molar-refractivity contribution is 5.84. The second-order valence-corrected chi connectivity index (χ2v) is 5.59. The molecule has 0 unspecified atom stereocenters. The molecular formula is C13H22O2. The lowest BCUT2D eigenvalue weighted by Gasteiger charge is -2.30. The third kappa shape index (κ3) is 2.10. The van der Waals surface area contributed by atoms with Crippen molar-refractivity contribution in [3.63, 3.8) is 0 Å². The van der Waals surface area contributed by atoms with E-state index in [1.165, 1.54) is 6.42 Å². The predicted molar refractivity (Wildman–Crippen MR) is 59.4 cm³/mol. The van der Waals surface area contributed by atoms with Crippen LogP contribution in [0, 0.1) is 23.7 Å². The van der Waals surface area contributed by atoms with Crippen LogP contribution < -0.4 is 0 Å². The Morgan fingerprint density at radius 1 is 1.33 bits per heavy atom. The summed E-state index contributed by atoms with van der Waals surface area (Å²) < 4.78 is 0. The topological polar surface area (TPSA) is 37.3 Å². The van der Waals surface area contributed by atoms with Gasteiger partial charge in [0.05, 0.1) is 6.10 Å². The summed E-state index contributed by atoms with van der Waals surface area (Å²) in [7, 11) is 0. The molecule has 0 amide bonds. The Balaban J connectivity index is 1.94. The number of hydrogen-bond donors (Lipinski definition) is 1. The maximum atomic E-state index is 12.1. The zero-order valence-electron chi connectivity index (χ0n) is 9.78. The molecule has 2 nitrogen and oxygen atoms in total. The van der Waals surface area contributed by atoms with Gasteiger partial charge in [-0.05, 0) is 37.5 Å². The van der Waals surface area contributed by atoms with Crippen molar-refractivity contribution in [2.45, 2.75) is 52.1 Å². The van der Waals surface area contributed by atoms with Crippen LogP contribution in [-0.2, 0) is 4.79 Å². The van der Waals surface area contributed by atoms with Gasteiger partial charge in [-0.25, -0.2) is 0 Å². The Morgan fingerprint density at radius 3 is 2.40 bits per heavy atom. The van der Waals surface area contributed by atoms with Crippen LogP contribution in [0.25, 0.3) is 0 Å². The molecule has 2 rings (SSSR count). The molecule has 2 heteroatoms. The van der Waals surface area contributed by atoms with Crippen molar-refractivity contribution in [2.75, 3.05) is 0 Å². The van der Waals surface area contributed by atoms with Crippen molar-refractivity contribution in [1.29, 1.82) is 0 Å². The Bertz CT molecular complexity index is 245. The van der Waals surface area contributed by atoms with Crippen LogP contribution in [0.5, 0.6) is 0 Å². The smallest absolute Gasteiger partial charge is 0.139 e. The first kappa shape index (κ1) is 11.1. The maximum Gasteiger partial charge on any atom is 0.139 e. The van der Waals surface area contributed by atoms with Crippen molar-refractivity contribution in [3.8, 4) is 0 Å². The Hall–Kier alpha value is -0.370. The van der Waals surface area contributed by atoms with Crippen molar-refractivity contribution in [2.24, 2.45) is 23.7 Å². The van der Waals surface area contributed by atoms with E-state index in [1.807, 2.05) is 0 Å². The number of hydrogen-bond acceptors (Lipinski definition) is 2. The molecule has 0 bridgehead atoms. The molecule has 2 fully saturated rings. The summed E-state index contributed by atoms with van der Waals surface area (Å²) in [5.41, 5.74) is 0. The van der Waals surface area contributed by atoms with Gasteiger partial charge in [0, 0.05) is 11.8 Å². The first-order valence-electron chi connectivity index (χ1n) is 6.31. The van der Waals surface area contributed by atoms with E-state index in [0.29, 0.717) is 23.5 Å². The van der Waals surface area contributed by atoms with E-state index >= 15 is 0 Å². The Labute approximate surface area is 92.1 Å². The molecule has 0 radical (unpaired) electrons. The molecule has 0 aromatic rings. The molecule has 4 atom stereocenters. The lowest BCUT2D eigenvalue weighted by Crippen LogP contribution is -2.32. The fourth-order valence-corrected chi connectivity index (χ4v) is 3.22. The maximum absolute atomic E-state index is 12.1. The quantitative estimate of drug-likeness (QED) is 0.776. The lowest BCUT2D eigenvalue weighted by atomic mass is 9.73. The number of aliphatic hydroxyl groups excluding tert-OH is 1. The van der Waals surface area contributed by atoms with Crippen LogP contribution in [0.3, 0.4) is 0 Å². The molecule has 0 aromatic heterocycles. The van der Waals surface area contributed by atoms with Crippen LogP contribution in [0.1, 0.15) is 46.0 Å². The molecule has 86 valence electrons. The van der Waals surface area contributed by atoms with E-state index < -0.39 is 0 Å². The highest BCUT2D eigenvalue weighted by Crippen LogP contribution is 2.40. The van der Waals surface area contributed by atoms with Gasteiger partial charge in [-0.2, -0.15) is 0 Å². The zero-order valence-corrected chi connectivity index (χ0v) is 9.78. The average molecular weight is 210 g/mol. The molecule has 0 saturated heterocycles. The Morgan fingerprint density at radius 2 is 2.00 bits per heavy atom. The van der Waals surface area contributed by atoms with Gasteiger partial charge in [0.25, 0.3) is 0 Å². The second kappa shape index (κ2) is 4.25. The van der Waals surface area contributed by atoms with Crippen LogP contribution >= 0.6 is 0 Å². The van der Waals surface area contributed by atoms with Gasteiger partial charge in [0.15, 0.2) is 0 Å². The van der Waals surface area contributed by atoms with Gasteiger partial charge in [-0.1, -0.05) is 20.3 Å². The molecule has 2 aliphatic carbocycles. The standard InChI is InChI=1S/C13H22O2/c1-8-6-11(14)7-12(8)9(2)13(15)10-4-3-5-10/h8-12,14H,3-7H2,1-2H3/t8-,9-,11+,12+/m1/s1. The highest BCUT2D eigenvalue weighted by Gasteiger charge is 2.39. The van der Waals surface area contributed by atoms with E-state index in [0.717, 1.165) is 25.7 Å². The molecule has 0 aromatic carbocycles. The van der Waals surface area contributed by atoms with E-state index in [-0.39, 0.29) is 12.0 Å². The number of rotatable bonds is 3. The molecule has 0 spiro atoms. The summed E-state index contributed by atoms with van der Waals surface area (Å²) in [5, 5.41) is 9.60. The van der Waals surface area contributed by atoms with Crippen LogP contribution in [0.2, 0.25) is 0 Å². The summed E-state index contributed by atoms with van der Waals surface area (Å²) in [6.07, 6.45) is 4.99. The number of Topliss-reactive ketones (excluding diaryl/α,β-unsaturated/α-hetero) is 1. The van der Waals surface area contributed by atoms with E-state index in [1.54, 1.807) is 0 Å². The monoisotopic (exact) mass is 210 g/mol. The second-order valence-electron chi connectivity index (χ2n) is 5.59. The lowest BCUT2D eigenvalue weighted by molar-refractivity contribution is -0.130. The summed E-state index contributed by atoms with van der Waals surface area (Å²) in [6.45, 7) is 4.24. The van der Waals surface area contributed by atoms with Crippen molar-refractivity contribution >= 4 is 5.78 Å². The molecule has 2 aliphatic rings. The van der Waals surface area contributed by atoms with Crippen LogP contribution in [0.15, 0.2) is 0 Å². The largest absolute Gasteiger partial charge is 0.393 e. The summed E-state index contributed by atoms with van der Waals surface area (Å²) in [4.78, 5) is 12.1. The van der Waals surface area contributed by atoms with Gasteiger partial charge in [0.2, 0.25) is 0 Å². The van der Waals surface area contributed by atoms with E-state index in [2.05, 4.69) is 13.8 Å². The minimum atomic E-state index is -0.165. The average Bonchev–Trinajstić information content (AvgIpc) is 2.41. The Kier molecular flexibility index (Phi) is 3.15. The zero-order chi connectivity index (χ0) is 11.0. The normalized spacial score (nSPS) is 38.7. The number of ketones is 1. The van der Waals surface area contributed by atoms with Crippen LogP contribution in [0.4, 0.5) is 0 Å². The van der Waals surface area contributed by atoms with Gasteiger partial charge >= 0.3 is 0 Å². The molecule has 0 heterocycles. The summed E-state index contributed by atoms with van der Waals surface area (Å²) >= 11 is 0. The van der Waals surface area contributed by atoms with E-state index in [9.17, 15) is 9.90 Å². The summed E-state index contributed by atoms with van der Waals surface area (Å²) in [5.74, 6) is 1.92. The minimum Gasteiger partial charge on any atom is -0.393 e. The highest BCUT2D eigenvalue weighted by atomic mass is 16.3. The van der Waals surface area contributed by atoms with Gasteiger partial charge < -0.3 is 5.11 Å². The molecular weight excluding hydrogens is 188 g/mol. The number of carbonyl (C=O) groups excluding carboxylic acids is 1. The fraction of sp³-hybridized carbons (Fsp3) is 0.923. The van der Waals surface area contributed by atoms with Gasteiger partial charge in [0.1, 0.15) is 5.78 Å². The van der Waals surface area contributed by atoms with Crippen molar-refractivity contribution in [1.82, 2.24) is 0 Å². The molecule has 1 N–H and O–H groups in total. The van der Waals surface area contributed by atoms with Gasteiger partial charge in [-0.3, -0.25) is 4.79 Å². The third-order valence-electron chi connectivity index (χ3n) is 4.52. The van der Waals surface area contributed by atoms with Crippen molar-refractivity contribution < 1.29 is 9.90 Å². The van der Waals surface area contributed by atoms with Crippen LogP contribution in [-0.4, -0.2) is 17.0 Å². The first-order chi connectivity index (χ1) is 7.09. The number of carbonyl (C=O) groups is 1. The SMILES string of the molecule is C[C@@H]1C[C@H](O)C[C@@H]1[C@@H](C)C(=O)C1CCC1. The fourth-order valence-electron chi connectivity index (χ4n) is 3.22.